The van der Waals surface area contributed by atoms with E-state index in [1.807, 2.05) is 0 Å². The zero-order valence-electron chi connectivity index (χ0n) is 14.1. The van der Waals surface area contributed by atoms with Gasteiger partial charge in [0.05, 0.1) is 27.9 Å². The maximum absolute atomic E-state index is 12.8. The molecule has 0 heterocycles. The van der Waals surface area contributed by atoms with Gasteiger partial charge in [0.2, 0.25) is 0 Å². The first-order chi connectivity index (χ1) is 11.5. The number of hydrogen-bond donors (Lipinski definition) is 1. The van der Waals surface area contributed by atoms with Crippen LogP contribution in [0.3, 0.4) is 0 Å². The van der Waals surface area contributed by atoms with E-state index in [1.54, 1.807) is 27.7 Å². The Morgan fingerprint density at radius 3 is 1.92 bits per heavy atom. The molecule has 25 heavy (non-hydrogen) atoms. The number of hydrogen-bond acceptors (Lipinski definition) is 9. The van der Waals surface area contributed by atoms with Gasteiger partial charge < -0.3 is 10.1 Å². The molecule has 12 heteroatoms. The molecule has 0 aliphatic carbocycles. The van der Waals surface area contributed by atoms with Crippen LogP contribution >= 0.6 is 7.60 Å². The lowest BCUT2D eigenvalue weighted by Gasteiger charge is -2.19. The zero-order valence-corrected chi connectivity index (χ0v) is 15.0. The topological polar surface area (TPSA) is 146 Å². The molecule has 0 unspecified atom stereocenters. The average molecular weight is 374 g/mol. The predicted molar refractivity (Wildman–Crippen MR) is 91.2 cm³/mol. The summed E-state index contributed by atoms with van der Waals surface area (Å²) in [6.07, 6.45) is -1.21. The fourth-order valence-electron chi connectivity index (χ4n) is 1.65. The maximum Gasteiger partial charge on any atom is 0.475 e. The molecular formula is C13H19N4O7P. The second kappa shape index (κ2) is 8.65. The first kappa shape index (κ1) is 20.7. The van der Waals surface area contributed by atoms with Crippen molar-refractivity contribution >= 4 is 24.5 Å². The van der Waals surface area contributed by atoms with E-state index in [9.17, 15) is 24.8 Å². The Labute approximate surface area is 143 Å². The number of nitro groups is 2. The van der Waals surface area contributed by atoms with Crippen LogP contribution in [0.5, 0.6) is 0 Å². The lowest BCUT2D eigenvalue weighted by atomic mass is 10.3. The molecule has 0 aliphatic heterocycles. The lowest BCUT2D eigenvalue weighted by molar-refractivity contribution is -0.384. The summed E-state index contributed by atoms with van der Waals surface area (Å²) in [7, 11) is -4.28. The number of nitro benzene ring substituents is 1. The van der Waals surface area contributed by atoms with E-state index >= 15 is 0 Å². The largest absolute Gasteiger partial charge is 0.475 e. The molecule has 0 saturated carbocycles. The van der Waals surface area contributed by atoms with Crippen LogP contribution in [-0.2, 0) is 13.6 Å². The Bertz CT molecular complexity index is 689. The first-order valence-corrected chi connectivity index (χ1v) is 8.79. The molecule has 0 atom stereocenters. The second-order valence-electron chi connectivity index (χ2n) is 5.39. The lowest BCUT2D eigenvalue weighted by Crippen LogP contribution is -2.21. The van der Waals surface area contributed by atoms with E-state index < -0.39 is 35.2 Å². The van der Waals surface area contributed by atoms with E-state index in [2.05, 4.69) is 10.5 Å². The molecule has 1 rings (SSSR count). The highest BCUT2D eigenvalue weighted by molar-refractivity contribution is 7.71. The van der Waals surface area contributed by atoms with E-state index in [1.165, 1.54) is 24.3 Å². The van der Waals surface area contributed by atoms with Crippen molar-refractivity contribution in [1.29, 1.82) is 0 Å². The van der Waals surface area contributed by atoms with Gasteiger partial charge in [-0.15, -0.1) is 0 Å². The molecule has 11 nitrogen and oxygen atoms in total. The smallest absolute Gasteiger partial charge is 0.358 e. The van der Waals surface area contributed by atoms with Crippen molar-refractivity contribution in [2.75, 3.05) is 5.43 Å². The minimum absolute atomic E-state index is 0.152. The summed E-state index contributed by atoms with van der Waals surface area (Å²) in [6, 6.07) is 4.99. The van der Waals surface area contributed by atoms with Gasteiger partial charge in [0.1, 0.15) is 0 Å². The highest BCUT2D eigenvalue weighted by Gasteiger charge is 2.45. The summed E-state index contributed by atoms with van der Waals surface area (Å²) in [4.78, 5) is 20.3. The Morgan fingerprint density at radius 2 is 1.56 bits per heavy atom. The minimum atomic E-state index is -4.28. The Hall–Kier alpha value is -2.36. The molecule has 0 radical (unpaired) electrons. The van der Waals surface area contributed by atoms with Crippen LogP contribution in [0.4, 0.5) is 11.4 Å². The predicted octanol–water partition coefficient (Wildman–Crippen LogP) is 3.60. The van der Waals surface area contributed by atoms with Crippen LogP contribution in [0, 0.1) is 20.2 Å². The molecule has 1 aromatic carbocycles. The number of hydrazone groups is 1. The standard InChI is InChI=1S/C13H19N4O7P/c1-9(2)23-25(22,24-10(3)4)13(17(20)21)15-14-11-5-7-12(8-6-11)16(18)19/h5-10,14H,1-4H3/b15-13+. The van der Waals surface area contributed by atoms with Crippen molar-refractivity contribution in [1.82, 2.24) is 0 Å². The molecule has 0 aromatic heterocycles. The second-order valence-corrected chi connectivity index (χ2v) is 7.21. The highest BCUT2D eigenvalue weighted by atomic mass is 31.2. The van der Waals surface area contributed by atoms with Gasteiger partial charge in [-0.05, 0) is 44.8 Å². The summed E-state index contributed by atoms with van der Waals surface area (Å²) in [6.45, 7) is 6.21. The van der Waals surface area contributed by atoms with Crippen LogP contribution in [0.15, 0.2) is 29.4 Å². The van der Waals surface area contributed by atoms with Crippen LogP contribution in [-0.4, -0.2) is 27.6 Å². The number of benzene rings is 1. The monoisotopic (exact) mass is 374 g/mol. The van der Waals surface area contributed by atoms with E-state index in [0.29, 0.717) is 0 Å². The van der Waals surface area contributed by atoms with Gasteiger partial charge in [-0.2, -0.15) is 5.43 Å². The third kappa shape index (κ3) is 6.22. The van der Waals surface area contributed by atoms with Gasteiger partial charge in [0.15, 0.2) is 0 Å². The van der Waals surface area contributed by atoms with Crippen LogP contribution in [0.25, 0.3) is 0 Å². The van der Waals surface area contributed by atoms with Crippen LogP contribution in [0.1, 0.15) is 27.7 Å². The summed E-state index contributed by atoms with van der Waals surface area (Å²) >= 11 is 0. The van der Waals surface area contributed by atoms with Gasteiger partial charge >= 0.3 is 13.2 Å². The number of non-ortho nitro benzene ring substituents is 1. The van der Waals surface area contributed by atoms with Crippen LogP contribution < -0.4 is 5.43 Å². The molecule has 1 N–H and O–H groups in total. The molecule has 0 fully saturated rings. The average Bonchev–Trinajstić information content (AvgIpc) is 2.45. The van der Waals surface area contributed by atoms with Crippen molar-refractivity contribution in [3.8, 4) is 0 Å². The first-order valence-electron chi connectivity index (χ1n) is 7.25. The highest BCUT2D eigenvalue weighted by Crippen LogP contribution is 2.52. The van der Waals surface area contributed by atoms with E-state index in [0.717, 1.165) is 0 Å². The fourth-order valence-corrected chi connectivity index (χ4v) is 3.37. The number of nitrogens with zero attached hydrogens (tertiary/aromatic N) is 3. The molecule has 1 aromatic rings. The molecule has 138 valence electrons. The van der Waals surface area contributed by atoms with Gasteiger partial charge in [0.25, 0.3) is 5.69 Å². The number of anilines is 1. The number of amidine groups is 1. The summed E-state index contributed by atoms with van der Waals surface area (Å²) < 4.78 is 23.1. The summed E-state index contributed by atoms with van der Waals surface area (Å²) in [5.74, 6) is 0. The zero-order chi connectivity index (χ0) is 19.2. The van der Waals surface area contributed by atoms with Crippen molar-refractivity contribution in [2.45, 2.75) is 39.9 Å². The van der Waals surface area contributed by atoms with Crippen molar-refractivity contribution in [3.05, 3.63) is 44.5 Å². The molecule has 0 saturated heterocycles. The molecular weight excluding hydrogens is 355 g/mol. The van der Waals surface area contributed by atoms with E-state index in [4.69, 9.17) is 9.05 Å². The molecule has 0 aliphatic rings. The van der Waals surface area contributed by atoms with Gasteiger partial charge in [0, 0.05) is 12.1 Å². The normalized spacial score (nSPS) is 12.5. The summed E-state index contributed by atoms with van der Waals surface area (Å²) in [5, 5.41) is 25.4. The molecule has 0 bridgehead atoms. The SMILES string of the molecule is CC(C)OP(=O)(OC(C)C)/C(=N/Nc1ccc([N+](=O)[O-])cc1)[N+](=O)[O-]. The van der Waals surface area contributed by atoms with Crippen molar-refractivity contribution < 1.29 is 23.5 Å². The fraction of sp³-hybridized carbons (Fsp3) is 0.462. The van der Waals surface area contributed by atoms with Gasteiger partial charge in [-0.1, -0.05) is 0 Å². The third-order valence-electron chi connectivity index (χ3n) is 2.47. The Kier molecular flexibility index (Phi) is 7.16. The Balaban J connectivity index is 3.14. The van der Waals surface area contributed by atoms with E-state index in [-0.39, 0.29) is 11.4 Å². The number of nitrogens with one attached hydrogen (secondary N) is 1. The molecule has 0 amide bonds. The quantitative estimate of drug-likeness (QED) is 0.239. The Morgan fingerprint density at radius 1 is 1.08 bits per heavy atom. The number of rotatable bonds is 8. The van der Waals surface area contributed by atoms with Crippen molar-refractivity contribution in [2.24, 2.45) is 5.10 Å². The third-order valence-corrected chi connectivity index (χ3v) is 4.62. The molecule has 0 spiro atoms. The minimum Gasteiger partial charge on any atom is -0.358 e. The van der Waals surface area contributed by atoms with Crippen molar-refractivity contribution in [3.63, 3.8) is 0 Å². The van der Waals surface area contributed by atoms with Gasteiger partial charge in [-0.25, -0.2) is 4.57 Å². The maximum atomic E-state index is 12.8. The van der Waals surface area contributed by atoms with Crippen LogP contribution in [0.2, 0.25) is 0 Å². The van der Waals surface area contributed by atoms with Gasteiger partial charge in [-0.3, -0.25) is 19.2 Å². The summed E-state index contributed by atoms with van der Waals surface area (Å²) in [5.41, 5.74) is 1.41.